The number of halogens is 2. The fourth-order valence-electron chi connectivity index (χ4n) is 1.66. The molecule has 2 aromatic carbocycles. The Morgan fingerprint density at radius 2 is 1.67 bits per heavy atom. The molecule has 0 aliphatic rings. The second-order valence-corrected chi connectivity index (χ2v) is 4.80. The molecule has 0 spiro atoms. The van der Waals surface area contributed by atoms with Gasteiger partial charge in [0.25, 0.3) is 0 Å². The second-order valence-electron chi connectivity index (χ2n) is 3.92. The van der Waals surface area contributed by atoms with Gasteiger partial charge in [0.05, 0.1) is 11.6 Å². The smallest absolute Gasteiger partial charge is 0.0994 e. The third kappa shape index (κ3) is 2.95. The van der Waals surface area contributed by atoms with Gasteiger partial charge in [-0.3, -0.25) is 0 Å². The summed E-state index contributed by atoms with van der Waals surface area (Å²) in [5, 5.41) is 13.2. The van der Waals surface area contributed by atoms with Crippen LogP contribution in [-0.2, 0) is 0 Å². The van der Waals surface area contributed by atoms with Crippen LogP contribution < -0.4 is 5.32 Å². The lowest BCUT2D eigenvalue weighted by Crippen LogP contribution is -1.92. The van der Waals surface area contributed by atoms with E-state index in [1.165, 1.54) is 0 Å². The first-order valence-corrected chi connectivity index (χ1v) is 6.08. The minimum Gasteiger partial charge on any atom is -0.355 e. The average Bonchev–Trinajstić information content (AvgIpc) is 2.27. The Bertz CT molecular complexity index is 610. The van der Waals surface area contributed by atoms with Crippen LogP contribution in [0, 0.1) is 18.3 Å². The molecule has 0 amide bonds. The highest BCUT2D eigenvalue weighted by Gasteiger charge is 2.01. The van der Waals surface area contributed by atoms with Crippen LogP contribution in [0.2, 0.25) is 10.0 Å². The lowest BCUT2D eigenvalue weighted by Gasteiger charge is -2.09. The molecule has 0 saturated carbocycles. The zero-order valence-electron chi connectivity index (χ0n) is 9.67. The van der Waals surface area contributed by atoms with Crippen LogP contribution >= 0.6 is 23.2 Å². The van der Waals surface area contributed by atoms with E-state index in [2.05, 4.69) is 11.4 Å². The van der Waals surface area contributed by atoms with E-state index in [-0.39, 0.29) is 0 Å². The van der Waals surface area contributed by atoms with Gasteiger partial charge in [0.1, 0.15) is 0 Å². The largest absolute Gasteiger partial charge is 0.355 e. The van der Waals surface area contributed by atoms with Crippen LogP contribution in [0.1, 0.15) is 11.1 Å². The van der Waals surface area contributed by atoms with E-state index in [0.717, 1.165) is 16.9 Å². The van der Waals surface area contributed by atoms with Crippen LogP contribution in [0.5, 0.6) is 0 Å². The maximum atomic E-state index is 8.87. The van der Waals surface area contributed by atoms with Crippen molar-refractivity contribution in [3.05, 3.63) is 57.6 Å². The van der Waals surface area contributed by atoms with Gasteiger partial charge in [0.15, 0.2) is 0 Å². The summed E-state index contributed by atoms with van der Waals surface area (Å²) in [6.07, 6.45) is 0. The van der Waals surface area contributed by atoms with Crippen molar-refractivity contribution in [3.8, 4) is 6.07 Å². The molecule has 1 N–H and O–H groups in total. The fraction of sp³-hybridized carbons (Fsp3) is 0.0714. The summed E-state index contributed by atoms with van der Waals surface area (Å²) in [5.41, 5.74) is 3.31. The van der Waals surface area contributed by atoms with Crippen molar-refractivity contribution in [2.75, 3.05) is 5.32 Å². The van der Waals surface area contributed by atoms with Crippen molar-refractivity contribution < 1.29 is 0 Å². The molecule has 2 nitrogen and oxygen atoms in total. The van der Waals surface area contributed by atoms with E-state index in [4.69, 9.17) is 28.5 Å². The first-order chi connectivity index (χ1) is 8.58. The molecule has 2 aromatic rings. The molecule has 0 bridgehead atoms. The first-order valence-electron chi connectivity index (χ1n) is 5.32. The monoisotopic (exact) mass is 276 g/mol. The molecule has 18 heavy (non-hydrogen) atoms. The number of rotatable bonds is 2. The standard InChI is InChI=1S/C14H10Cl2N2/c1-9-4-13(3-2-10(9)8-17)18-14-6-11(15)5-12(16)7-14/h2-7,18H,1H3. The van der Waals surface area contributed by atoms with Gasteiger partial charge < -0.3 is 5.32 Å². The minimum absolute atomic E-state index is 0.579. The lowest BCUT2D eigenvalue weighted by atomic mass is 10.1. The minimum atomic E-state index is 0.579. The van der Waals surface area contributed by atoms with Gasteiger partial charge >= 0.3 is 0 Å². The van der Waals surface area contributed by atoms with Crippen LogP contribution in [-0.4, -0.2) is 0 Å². The quantitative estimate of drug-likeness (QED) is 0.845. The van der Waals surface area contributed by atoms with E-state index >= 15 is 0 Å². The van der Waals surface area contributed by atoms with Crippen LogP contribution in [0.4, 0.5) is 11.4 Å². The molecule has 0 aromatic heterocycles. The summed E-state index contributed by atoms with van der Waals surface area (Å²) in [5.74, 6) is 0. The Labute approximate surface area is 116 Å². The topological polar surface area (TPSA) is 35.8 Å². The summed E-state index contributed by atoms with van der Waals surface area (Å²) in [6.45, 7) is 1.90. The number of nitriles is 1. The maximum absolute atomic E-state index is 8.87. The van der Waals surface area contributed by atoms with Crippen molar-refractivity contribution in [1.29, 1.82) is 5.26 Å². The molecule has 0 atom stereocenters. The van der Waals surface area contributed by atoms with Crippen molar-refractivity contribution in [2.24, 2.45) is 0 Å². The summed E-state index contributed by atoms with van der Waals surface area (Å²) < 4.78 is 0. The number of hydrogen-bond donors (Lipinski definition) is 1. The third-order valence-electron chi connectivity index (χ3n) is 2.50. The van der Waals surface area contributed by atoms with Gasteiger partial charge in [-0.2, -0.15) is 5.26 Å². The van der Waals surface area contributed by atoms with Crippen molar-refractivity contribution in [3.63, 3.8) is 0 Å². The van der Waals surface area contributed by atoms with E-state index in [0.29, 0.717) is 15.6 Å². The molecule has 4 heteroatoms. The summed E-state index contributed by atoms with van der Waals surface area (Å²) in [6, 6.07) is 12.9. The zero-order chi connectivity index (χ0) is 13.1. The van der Waals surface area contributed by atoms with Crippen LogP contribution in [0.15, 0.2) is 36.4 Å². The van der Waals surface area contributed by atoms with Crippen molar-refractivity contribution >= 4 is 34.6 Å². The van der Waals surface area contributed by atoms with Gasteiger partial charge in [0, 0.05) is 21.4 Å². The molecule has 0 unspecified atom stereocenters. The Morgan fingerprint density at radius 1 is 1.00 bits per heavy atom. The molecule has 90 valence electrons. The second kappa shape index (κ2) is 5.30. The Morgan fingerprint density at radius 3 is 2.22 bits per heavy atom. The molecule has 0 aliphatic carbocycles. The maximum Gasteiger partial charge on any atom is 0.0994 e. The Balaban J connectivity index is 2.29. The van der Waals surface area contributed by atoms with Gasteiger partial charge in [-0.1, -0.05) is 23.2 Å². The van der Waals surface area contributed by atoms with Gasteiger partial charge in [0.2, 0.25) is 0 Å². The van der Waals surface area contributed by atoms with Crippen LogP contribution in [0.3, 0.4) is 0 Å². The first kappa shape index (κ1) is 12.8. The third-order valence-corrected chi connectivity index (χ3v) is 2.93. The Hall–Kier alpha value is -1.69. The average molecular weight is 277 g/mol. The SMILES string of the molecule is Cc1cc(Nc2cc(Cl)cc(Cl)c2)ccc1C#N. The molecular weight excluding hydrogens is 267 g/mol. The number of anilines is 2. The summed E-state index contributed by atoms with van der Waals surface area (Å²) >= 11 is 11.9. The predicted octanol–water partition coefficient (Wildman–Crippen LogP) is 4.92. The molecule has 0 heterocycles. The number of nitrogens with one attached hydrogen (secondary N) is 1. The highest BCUT2D eigenvalue weighted by molar-refractivity contribution is 6.35. The van der Waals surface area contributed by atoms with Gasteiger partial charge in [-0.25, -0.2) is 0 Å². The Kier molecular flexibility index (Phi) is 3.76. The van der Waals surface area contributed by atoms with Gasteiger partial charge in [-0.15, -0.1) is 0 Å². The van der Waals surface area contributed by atoms with E-state index in [9.17, 15) is 0 Å². The van der Waals surface area contributed by atoms with E-state index < -0.39 is 0 Å². The van der Waals surface area contributed by atoms with E-state index in [1.807, 2.05) is 19.1 Å². The number of hydrogen-bond acceptors (Lipinski definition) is 2. The number of benzene rings is 2. The summed E-state index contributed by atoms with van der Waals surface area (Å²) in [7, 11) is 0. The van der Waals surface area contributed by atoms with Crippen molar-refractivity contribution in [1.82, 2.24) is 0 Å². The highest BCUT2D eigenvalue weighted by atomic mass is 35.5. The summed E-state index contributed by atoms with van der Waals surface area (Å²) in [4.78, 5) is 0. The zero-order valence-corrected chi connectivity index (χ0v) is 11.2. The van der Waals surface area contributed by atoms with Gasteiger partial charge in [-0.05, 0) is 48.9 Å². The lowest BCUT2D eigenvalue weighted by molar-refractivity contribution is 1.39. The van der Waals surface area contributed by atoms with Crippen LogP contribution in [0.25, 0.3) is 0 Å². The molecule has 2 rings (SSSR count). The normalized spacial score (nSPS) is 9.89. The molecule has 0 aliphatic heterocycles. The molecule has 0 fully saturated rings. The molecule has 0 radical (unpaired) electrons. The highest BCUT2D eigenvalue weighted by Crippen LogP contribution is 2.26. The molecular formula is C14H10Cl2N2. The van der Waals surface area contributed by atoms with E-state index in [1.54, 1.807) is 24.3 Å². The fourth-order valence-corrected chi connectivity index (χ4v) is 2.19. The van der Waals surface area contributed by atoms with Crippen molar-refractivity contribution in [2.45, 2.75) is 6.92 Å². The number of aryl methyl sites for hydroxylation is 1. The molecule has 0 saturated heterocycles. The number of nitrogens with zero attached hydrogens (tertiary/aromatic N) is 1. The predicted molar refractivity (Wildman–Crippen MR) is 75.6 cm³/mol.